The van der Waals surface area contributed by atoms with Crippen LogP contribution in [0, 0.1) is 17.8 Å². The summed E-state index contributed by atoms with van der Waals surface area (Å²) in [6, 6.07) is 26.5. The van der Waals surface area contributed by atoms with Gasteiger partial charge in [0.05, 0.1) is 31.3 Å². The third kappa shape index (κ3) is 7.71. The number of carbonyl (C=O) groups excluding carboxylic acids is 5. The number of alkyl carbamates (subject to hydrolysis) is 1. The molecule has 6 atom stereocenters. The molecule has 2 saturated carbocycles. The van der Waals surface area contributed by atoms with Gasteiger partial charge in [-0.3, -0.25) is 14.4 Å². The summed E-state index contributed by atoms with van der Waals surface area (Å²) in [6.45, 7) is 9.88. The van der Waals surface area contributed by atoms with Gasteiger partial charge in [0.15, 0.2) is 0 Å². The first-order valence-electron chi connectivity index (χ1n) is 17.2. The summed E-state index contributed by atoms with van der Waals surface area (Å²) in [5.74, 6) is -5.60. The number of aliphatic hydroxyl groups is 1. The van der Waals surface area contributed by atoms with E-state index in [1.54, 1.807) is 27.7 Å². The zero-order valence-corrected chi connectivity index (χ0v) is 29.7. The maximum absolute atomic E-state index is 14.4. The van der Waals surface area contributed by atoms with E-state index in [0.717, 1.165) is 23.0 Å². The fourth-order valence-electron chi connectivity index (χ4n) is 7.37. The summed E-state index contributed by atoms with van der Waals surface area (Å²) >= 11 is 0. The van der Waals surface area contributed by atoms with Crippen LogP contribution in [0.4, 0.5) is 4.79 Å². The quantitative estimate of drug-likeness (QED) is 0.0883. The maximum atomic E-state index is 14.4. The fourth-order valence-corrected chi connectivity index (χ4v) is 7.37. The van der Waals surface area contributed by atoms with Crippen molar-refractivity contribution < 1.29 is 43.3 Å². The van der Waals surface area contributed by atoms with Crippen LogP contribution >= 0.6 is 0 Å². The normalized spacial score (nSPS) is 22.5. The molecule has 5 rings (SSSR count). The molecule has 0 spiro atoms. The number of nitrogens with one attached hydrogen (secondary N) is 3. The molecule has 3 aromatic carbocycles. The molecule has 4 N–H and O–H groups in total. The Labute approximate surface area is 302 Å². The Bertz CT molecular complexity index is 1680. The highest BCUT2D eigenvalue weighted by molar-refractivity contribution is 5.97. The van der Waals surface area contributed by atoms with E-state index in [9.17, 15) is 29.1 Å². The Morgan fingerprint density at radius 3 is 1.88 bits per heavy atom. The SMILES string of the molecule is C=COC(=O)[C@H]1[C@H]2[C@@H]1[C@](NC(=O)C(CC(=O)NC(c1ccccc1)(c1ccccc1)c1ccccc1)NC(=O)OC(C)(C)C)(C(=O)OCC)C[C@@H]2O. The Hall–Kier alpha value is -5.49. The molecule has 0 heterocycles. The van der Waals surface area contributed by atoms with Crippen molar-refractivity contribution in [1.82, 2.24) is 16.0 Å². The number of esters is 2. The fraction of sp³-hybridized carbons (Fsp3) is 0.375. The van der Waals surface area contributed by atoms with E-state index >= 15 is 0 Å². The lowest BCUT2D eigenvalue weighted by Crippen LogP contribution is -2.62. The topological polar surface area (TPSA) is 169 Å². The largest absolute Gasteiger partial charge is 0.464 e. The Morgan fingerprint density at radius 2 is 1.42 bits per heavy atom. The molecule has 52 heavy (non-hydrogen) atoms. The van der Waals surface area contributed by atoms with Crippen LogP contribution in [-0.2, 0) is 38.9 Å². The van der Waals surface area contributed by atoms with E-state index in [0.29, 0.717) is 0 Å². The van der Waals surface area contributed by atoms with E-state index in [4.69, 9.17) is 14.2 Å². The Kier molecular flexibility index (Phi) is 11.2. The molecular weight excluding hydrogens is 666 g/mol. The average molecular weight is 712 g/mol. The van der Waals surface area contributed by atoms with Crippen molar-refractivity contribution in [1.29, 1.82) is 0 Å². The summed E-state index contributed by atoms with van der Waals surface area (Å²) in [5.41, 5.74) is -1.82. The molecule has 12 nitrogen and oxygen atoms in total. The second-order valence-corrected chi connectivity index (χ2v) is 14.0. The number of amides is 3. The summed E-state index contributed by atoms with van der Waals surface area (Å²) in [6.07, 6.45) is -2.02. The monoisotopic (exact) mass is 711 g/mol. The van der Waals surface area contributed by atoms with E-state index in [1.165, 1.54) is 0 Å². The van der Waals surface area contributed by atoms with Gasteiger partial charge in [-0.05, 0) is 44.4 Å². The Morgan fingerprint density at radius 1 is 0.904 bits per heavy atom. The van der Waals surface area contributed by atoms with Crippen LogP contribution in [0.15, 0.2) is 104 Å². The lowest BCUT2D eigenvalue weighted by molar-refractivity contribution is -0.156. The molecule has 1 unspecified atom stereocenters. The van der Waals surface area contributed by atoms with Gasteiger partial charge in [0, 0.05) is 18.3 Å². The number of carbonyl (C=O) groups is 5. The molecule has 0 saturated heterocycles. The second kappa shape index (κ2) is 15.4. The van der Waals surface area contributed by atoms with Crippen LogP contribution in [0.3, 0.4) is 0 Å². The van der Waals surface area contributed by atoms with Crippen LogP contribution < -0.4 is 16.0 Å². The van der Waals surface area contributed by atoms with Crippen molar-refractivity contribution in [3.8, 4) is 0 Å². The van der Waals surface area contributed by atoms with E-state index in [1.807, 2.05) is 91.0 Å². The van der Waals surface area contributed by atoms with Crippen LogP contribution in [0.2, 0.25) is 0 Å². The summed E-state index contributed by atoms with van der Waals surface area (Å²) in [4.78, 5) is 68.2. The van der Waals surface area contributed by atoms with Crippen molar-refractivity contribution in [3.63, 3.8) is 0 Å². The first-order chi connectivity index (χ1) is 24.8. The van der Waals surface area contributed by atoms with E-state index in [2.05, 4.69) is 22.5 Å². The van der Waals surface area contributed by atoms with Gasteiger partial charge in [0.1, 0.15) is 22.7 Å². The van der Waals surface area contributed by atoms with Crippen LogP contribution in [0.25, 0.3) is 0 Å². The molecule has 3 aromatic rings. The van der Waals surface area contributed by atoms with Crippen molar-refractivity contribution in [2.24, 2.45) is 17.8 Å². The average Bonchev–Trinajstić information content (AvgIpc) is 3.81. The zero-order chi connectivity index (χ0) is 37.7. The molecule has 274 valence electrons. The van der Waals surface area contributed by atoms with Gasteiger partial charge in [0.25, 0.3) is 0 Å². The molecule has 2 fully saturated rings. The van der Waals surface area contributed by atoms with Gasteiger partial charge in [0.2, 0.25) is 11.8 Å². The summed E-state index contributed by atoms with van der Waals surface area (Å²) in [7, 11) is 0. The molecule has 0 aromatic heterocycles. The lowest BCUT2D eigenvalue weighted by atomic mass is 9.77. The van der Waals surface area contributed by atoms with Crippen LogP contribution in [0.5, 0.6) is 0 Å². The number of ether oxygens (including phenoxy) is 3. The van der Waals surface area contributed by atoms with Gasteiger partial charge < -0.3 is 35.3 Å². The maximum Gasteiger partial charge on any atom is 0.408 e. The highest BCUT2D eigenvalue weighted by Gasteiger charge is 2.76. The number of benzene rings is 3. The highest BCUT2D eigenvalue weighted by atomic mass is 16.6. The predicted molar refractivity (Wildman–Crippen MR) is 190 cm³/mol. The molecule has 0 bridgehead atoms. The molecule has 12 heteroatoms. The van der Waals surface area contributed by atoms with Crippen LogP contribution in [-0.4, -0.2) is 64.8 Å². The minimum Gasteiger partial charge on any atom is -0.464 e. The molecular formula is C40H45N3O9. The molecule has 3 amide bonds. The summed E-state index contributed by atoms with van der Waals surface area (Å²) < 4.78 is 15.8. The number of fused-ring (bicyclic) bond motifs is 1. The minimum absolute atomic E-state index is 0.0474. The molecule has 0 radical (unpaired) electrons. The van der Waals surface area contributed by atoms with Gasteiger partial charge in [-0.1, -0.05) is 97.6 Å². The van der Waals surface area contributed by atoms with Gasteiger partial charge in [-0.2, -0.15) is 0 Å². The number of rotatable bonds is 13. The molecule has 2 aliphatic rings. The van der Waals surface area contributed by atoms with Crippen molar-refractivity contribution in [3.05, 3.63) is 121 Å². The Balaban J connectivity index is 1.52. The van der Waals surface area contributed by atoms with Gasteiger partial charge >= 0.3 is 18.0 Å². The zero-order valence-electron chi connectivity index (χ0n) is 29.7. The minimum atomic E-state index is -1.85. The third-order valence-corrected chi connectivity index (χ3v) is 9.42. The first kappa shape index (κ1) is 37.8. The van der Waals surface area contributed by atoms with Gasteiger partial charge in [-0.25, -0.2) is 9.59 Å². The van der Waals surface area contributed by atoms with Crippen molar-refractivity contribution in [2.75, 3.05) is 6.61 Å². The first-order valence-corrected chi connectivity index (χ1v) is 17.2. The smallest absolute Gasteiger partial charge is 0.408 e. The third-order valence-electron chi connectivity index (χ3n) is 9.42. The number of aliphatic hydroxyl groups excluding tert-OH is 1. The molecule has 0 aliphatic heterocycles. The number of hydrogen-bond donors (Lipinski definition) is 4. The predicted octanol–water partition coefficient (Wildman–Crippen LogP) is 4.11. The number of hydrogen-bond acceptors (Lipinski definition) is 9. The summed E-state index contributed by atoms with van der Waals surface area (Å²) in [5, 5.41) is 19.3. The molecule has 2 aliphatic carbocycles. The lowest BCUT2D eigenvalue weighted by Gasteiger charge is -2.37. The standard InChI is InChI=1S/C40H45N3O9/c1-6-50-35(47)32-31-29(44)24-39(33(31)32,36(48)51-7-2)43-34(46)28(41-37(49)52-38(3,4)5)23-30(45)42-40(25-17-11-8-12-18-25,26-19-13-9-14-20-26)27-21-15-10-16-22-27/h6,8-22,28-29,31-33,44H,1,7,23-24H2,2-5H3,(H,41,49)(H,42,45)(H,43,46)/t28?,29-,31-,32-,33-,39-/m0/s1. The van der Waals surface area contributed by atoms with Crippen LogP contribution in [0.1, 0.15) is 57.2 Å². The van der Waals surface area contributed by atoms with Crippen molar-refractivity contribution in [2.45, 2.75) is 69.4 Å². The second-order valence-electron chi connectivity index (χ2n) is 14.0. The highest BCUT2D eigenvalue weighted by Crippen LogP contribution is 2.63. The van der Waals surface area contributed by atoms with Crippen molar-refractivity contribution >= 4 is 29.8 Å². The van der Waals surface area contributed by atoms with Gasteiger partial charge in [-0.15, -0.1) is 0 Å². The van der Waals surface area contributed by atoms with E-state index < -0.39 is 82.8 Å². The van der Waals surface area contributed by atoms with E-state index in [-0.39, 0.29) is 13.0 Å².